The summed E-state index contributed by atoms with van der Waals surface area (Å²) in [6.45, 7) is 11.6. The van der Waals surface area contributed by atoms with E-state index >= 15 is 0 Å². The molecular formula is C16H23NO2. The number of likely N-dealkylation sites (tertiary alicyclic amines) is 1. The van der Waals surface area contributed by atoms with E-state index < -0.39 is 0 Å². The predicted octanol–water partition coefficient (Wildman–Crippen LogP) is 3.07. The molecule has 0 bridgehead atoms. The Balaban J connectivity index is 2.48. The van der Waals surface area contributed by atoms with E-state index in [-0.39, 0.29) is 5.91 Å². The molecule has 0 aliphatic carbocycles. The highest BCUT2D eigenvalue weighted by atomic mass is 16.5. The third-order valence-electron chi connectivity index (χ3n) is 3.30. The molecule has 0 aromatic carbocycles. The molecule has 0 aromatic heterocycles. The third kappa shape index (κ3) is 4.78. The van der Waals surface area contributed by atoms with Gasteiger partial charge in [0.15, 0.2) is 0 Å². The van der Waals surface area contributed by atoms with Crippen LogP contribution in [0.2, 0.25) is 0 Å². The number of hydrogen-bond donors (Lipinski definition) is 0. The van der Waals surface area contributed by atoms with Gasteiger partial charge in [0.05, 0.1) is 12.9 Å². The third-order valence-corrected chi connectivity index (χ3v) is 3.30. The Hall–Kier alpha value is -1.77. The molecule has 3 nitrogen and oxygen atoms in total. The number of carbonyl (C=O) groups excluding carboxylic acids is 1. The number of hydrogen-bond acceptors (Lipinski definition) is 2. The molecule has 0 radical (unpaired) electrons. The lowest BCUT2D eigenvalue weighted by atomic mass is 9.88. The highest BCUT2D eigenvalue weighted by molar-refractivity contribution is 5.87. The lowest BCUT2D eigenvalue weighted by Gasteiger charge is -2.31. The Kier molecular flexibility index (Phi) is 6.72. The van der Waals surface area contributed by atoms with Crippen LogP contribution in [-0.4, -0.2) is 30.5 Å². The maximum atomic E-state index is 11.9. The summed E-state index contributed by atoms with van der Waals surface area (Å²) < 4.78 is 5.04. The second-order valence-electron chi connectivity index (χ2n) is 4.46. The molecule has 0 atom stereocenters. The molecule has 0 N–H and O–H groups in total. The van der Waals surface area contributed by atoms with Gasteiger partial charge in [0.2, 0.25) is 5.91 Å². The Morgan fingerprint density at radius 2 is 2.05 bits per heavy atom. The fraction of sp³-hybridized carbons (Fsp3) is 0.438. The van der Waals surface area contributed by atoms with E-state index in [1.54, 1.807) is 6.08 Å². The number of piperidine rings is 1. The van der Waals surface area contributed by atoms with Gasteiger partial charge in [-0.1, -0.05) is 31.4 Å². The van der Waals surface area contributed by atoms with Crippen molar-refractivity contribution in [2.45, 2.75) is 19.8 Å². The van der Waals surface area contributed by atoms with Crippen LogP contribution in [0.25, 0.3) is 0 Å². The van der Waals surface area contributed by atoms with Crippen molar-refractivity contribution in [2.75, 3.05) is 19.7 Å². The smallest absolute Gasteiger partial charge is 0.249 e. The number of allylic oxidation sites excluding steroid dienone is 4. The van der Waals surface area contributed by atoms with Crippen molar-refractivity contribution in [1.82, 2.24) is 4.90 Å². The van der Waals surface area contributed by atoms with Gasteiger partial charge in [0, 0.05) is 19.2 Å². The highest BCUT2D eigenvalue weighted by Gasteiger charge is 2.22. The first-order valence-corrected chi connectivity index (χ1v) is 6.75. The molecule has 1 saturated heterocycles. The fourth-order valence-electron chi connectivity index (χ4n) is 2.25. The Labute approximate surface area is 115 Å². The Bertz CT molecular complexity index is 374. The number of nitrogens with zero attached hydrogens (tertiary/aromatic N) is 1. The summed E-state index contributed by atoms with van der Waals surface area (Å²) in [6.07, 6.45) is 10.6. The Morgan fingerprint density at radius 1 is 1.37 bits per heavy atom. The van der Waals surface area contributed by atoms with Crippen molar-refractivity contribution >= 4 is 5.91 Å². The van der Waals surface area contributed by atoms with E-state index in [0.29, 0.717) is 12.5 Å². The lowest BCUT2D eigenvalue weighted by Crippen LogP contribution is -2.37. The minimum Gasteiger partial charge on any atom is -0.501 e. The molecule has 0 unspecified atom stereocenters. The number of amides is 1. The molecule has 19 heavy (non-hydrogen) atoms. The van der Waals surface area contributed by atoms with Crippen LogP contribution < -0.4 is 0 Å². The van der Waals surface area contributed by atoms with Gasteiger partial charge < -0.3 is 9.64 Å². The van der Waals surface area contributed by atoms with E-state index in [0.717, 1.165) is 25.9 Å². The van der Waals surface area contributed by atoms with Crippen molar-refractivity contribution in [3.05, 3.63) is 49.3 Å². The van der Waals surface area contributed by atoms with Gasteiger partial charge in [0.1, 0.15) is 0 Å². The van der Waals surface area contributed by atoms with Crippen LogP contribution in [-0.2, 0) is 9.53 Å². The van der Waals surface area contributed by atoms with Crippen LogP contribution in [0.3, 0.4) is 0 Å². The molecule has 0 aromatic rings. The van der Waals surface area contributed by atoms with Crippen LogP contribution in [0.1, 0.15) is 19.8 Å². The number of rotatable bonds is 6. The van der Waals surface area contributed by atoms with E-state index in [2.05, 4.69) is 13.2 Å². The summed E-state index contributed by atoms with van der Waals surface area (Å²) in [4.78, 5) is 13.7. The van der Waals surface area contributed by atoms with Crippen LogP contribution >= 0.6 is 0 Å². The van der Waals surface area contributed by atoms with Gasteiger partial charge >= 0.3 is 0 Å². The maximum absolute atomic E-state index is 11.9. The molecule has 1 aliphatic heterocycles. The summed E-state index contributed by atoms with van der Waals surface area (Å²) in [5.41, 5.74) is 1.21. The van der Waals surface area contributed by atoms with Gasteiger partial charge in [-0.25, -0.2) is 0 Å². The minimum absolute atomic E-state index is 0.0275. The van der Waals surface area contributed by atoms with Crippen molar-refractivity contribution in [1.29, 1.82) is 0 Å². The zero-order valence-electron chi connectivity index (χ0n) is 11.7. The number of carbonyl (C=O) groups is 1. The first-order valence-electron chi connectivity index (χ1n) is 6.75. The van der Waals surface area contributed by atoms with Crippen LogP contribution in [0.4, 0.5) is 0 Å². The van der Waals surface area contributed by atoms with E-state index in [1.165, 1.54) is 17.9 Å². The van der Waals surface area contributed by atoms with Crippen molar-refractivity contribution < 1.29 is 9.53 Å². The lowest BCUT2D eigenvalue weighted by molar-refractivity contribution is -0.127. The first-order chi connectivity index (χ1) is 9.22. The predicted molar refractivity (Wildman–Crippen MR) is 78.5 cm³/mol. The zero-order valence-corrected chi connectivity index (χ0v) is 11.7. The highest BCUT2D eigenvalue weighted by Crippen LogP contribution is 2.25. The number of ether oxygens (including phenoxy) is 1. The van der Waals surface area contributed by atoms with Gasteiger partial charge in [-0.15, -0.1) is 0 Å². The van der Waals surface area contributed by atoms with Crippen LogP contribution in [0.15, 0.2) is 49.3 Å². The summed E-state index contributed by atoms with van der Waals surface area (Å²) in [7, 11) is 0. The van der Waals surface area contributed by atoms with Gasteiger partial charge in [-0.2, -0.15) is 0 Å². The molecule has 1 aliphatic rings. The van der Waals surface area contributed by atoms with Crippen LogP contribution in [0, 0.1) is 5.92 Å². The minimum atomic E-state index is 0.0275. The van der Waals surface area contributed by atoms with Crippen LogP contribution in [0.5, 0.6) is 0 Å². The van der Waals surface area contributed by atoms with Gasteiger partial charge in [0.25, 0.3) is 0 Å². The summed E-state index contributed by atoms with van der Waals surface area (Å²) >= 11 is 0. The SMILES string of the molecule is C=C/C=C(\C=C)C1CCN(C(=O)/C=C/OCC)CC1. The second-order valence-corrected chi connectivity index (χ2v) is 4.46. The van der Waals surface area contributed by atoms with Gasteiger partial charge in [-0.05, 0) is 31.3 Å². The topological polar surface area (TPSA) is 29.5 Å². The molecule has 1 fully saturated rings. The molecule has 1 amide bonds. The van der Waals surface area contributed by atoms with Crippen molar-refractivity contribution in [3.8, 4) is 0 Å². The largest absolute Gasteiger partial charge is 0.501 e. The van der Waals surface area contributed by atoms with E-state index in [4.69, 9.17) is 4.74 Å². The van der Waals surface area contributed by atoms with Crippen molar-refractivity contribution in [2.24, 2.45) is 5.92 Å². The normalized spacial score (nSPS) is 17.5. The quantitative estimate of drug-likeness (QED) is 0.418. The molecule has 1 rings (SSSR count). The van der Waals surface area contributed by atoms with Gasteiger partial charge in [-0.3, -0.25) is 4.79 Å². The molecule has 3 heteroatoms. The van der Waals surface area contributed by atoms with E-state index in [9.17, 15) is 4.79 Å². The Morgan fingerprint density at radius 3 is 2.58 bits per heavy atom. The zero-order chi connectivity index (χ0) is 14.1. The van der Waals surface area contributed by atoms with Crippen molar-refractivity contribution in [3.63, 3.8) is 0 Å². The summed E-state index contributed by atoms with van der Waals surface area (Å²) in [5.74, 6) is 0.509. The second kappa shape index (κ2) is 8.35. The molecule has 1 heterocycles. The molecular weight excluding hydrogens is 238 g/mol. The fourth-order valence-corrected chi connectivity index (χ4v) is 2.25. The maximum Gasteiger partial charge on any atom is 0.249 e. The average Bonchev–Trinajstić information content (AvgIpc) is 2.45. The summed E-state index contributed by atoms with van der Waals surface area (Å²) in [5, 5.41) is 0. The molecule has 104 valence electrons. The standard InChI is InChI=1S/C16H23NO2/c1-4-7-14(5-2)15-8-11-17(12-9-15)16(18)10-13-19-6-3/h4-5,7,10,13,15H,1-2,6,8-9,11-12H2,3H3/b13-10+,14-7+. The summed E-state index contributed by atoms with van der Waals surface area (Å²) in [6, 6.07) is 0. The van der Waals surface area contributed by atoms with E-state index in [1.807, 2.05) is 24.0 Å². The molecule has 0 spiro atoms. The monoisotopic (exact) mass is 261 g/mol. The first kappa shape index (κ1) is 15.3. The average molecular weight is 261 g/mol. The molecule has 0 saturated carbocycles.